The number of rotatable bonds is 4. The van der Waals surface area contributed by atoms with E-state index < -0.39 is 10.0 Å². The maximum Gasteiger partial charge on any atom is 0.240 e. The van der Waals surface area contributed by atoms with Crippen LogP contribution in [-0.2, 0) is 10.0 Å². The topological polar surface area (TPSA) is 58.2 Å². The molecule has 0 saturated heterocycles. The van der Waals surface area contributed by atoms with E-state index >= 15 is 0 Å². The van der Waals surface area contributed by atoms with Crippen LogP contribution in [-0.4, -0.2) is 21.2 Å². The van der Waals surface area contributed by atoms with Crippen molar-refractivity contribution >= 4 is 27.5 Å². The number of nitrogens with one attached hydrogen (secondary N) is 2. The number of fused-ring (bicyclic) bond motifs is 1. The van der Waals surface area contributed by atoms with Gasteiger partial charge in [0.25, 0.3) is 0 Å². The number of anilines is 1. The summed E-state index contributed by atoms with van der Waals surface area (Å²) in [5.41, 5.74) is 2.08. The van der Waals surface area contributed by atoms with E-state index in [1.165, 1.54) is 17.5 Å². The van der Waals surface area contributed by atoms with E-state index in [4.69, 9.17) is 0 Å². The molecule has 6 heteroatoms. The van der Waals surface area contributed by atoms with Crippen molar-refractivity contribution in [2.75, 3.05) is 18.1 Å². The molecule has 0 radical (unpaired) electrons. The maximum atomic E-state index is 11.8. The molecule has 1 heterocycles. The Kier molecular flexibility index (Phi) is 3.93. The van der Waals surface area contributed by atoms with Crippen LogP contribution >= 0.6 is 11.8 Å². The predicted octanol–water partition coefficient (Wildman–Crippen LogP) is 2.85. The van der Waals surface area contributed by atoms with Crippen LogP contribution in [0, 0.1) is 0 Å². The van der Waals surface area contributed by atoms with Gasteiger partial charge in [-0.2, -0.15) is 0 Å². The summed E-state index contributed by atoms with van der Waals surface area (Å²) in [7, 11) is -1.99. The van der Waals surface area contributed by atoms with Gasteiger partial charge in [-0.05, 0) is 36.9 Å². The standard InChI is InChI=1S/C15H16N2O2S2/c1-16-21(18,19)12-6-4-5-11(9-12)17-14-10-20-15-8-3-2-7-13(14)15/h2-9,14,16-17H,10H2,1H3. The second-order valence-electron chi connectivity index (χ2n) is 4.78. The molecule has 0 amide bonds. The maximum absolute atomic E-state index is 11.8. The highest BCUT2D eigenvalue weighted by Crippen LogP contribution is 2.39. The molecular formula is C15H16N2O2S2. The van der Waals surface area contributed by atoms with E-state index in [-0.39, 0.29) is 10.9 Å². The SMILES string of the molecule is CNS(=O)(=O)c1cccc(NC2CSc3ccccc32)c1. The largest absolute Gasteiger partial charge is 0.377 e. The fourth-order valence-corrected chi connectivity index (χ4v) is 4.29. The Morgan fingerprint density at radius 3 is 2.76 bits per heavy atom. The monoisotopic (exact) mass is 320 g/mol. The van der Waals surface area contributed by atoms with E-state index in [0.717, 1.165) is 11.4 Å². The second-order valence-corrected chi connectivity index (χ2v) is 7.73. The van der Waals surface area contributed by atoms with E-state index in [1.807, 2.05) is 30.0 Å². The Morgan fingerprint density at radius 1 is 1.14 bits per heavy atom. The fraction of sp³-hybridized carbons (Fsp3) is 0.200. The van der Waals surface area contributed by atoms with E-state index in [9.17, 15) is 8.42 Å². The van der Waals surface area contributed by atoms with Crippen molar-refractivity contribution in [2.45, 2.75) is 15.8 Å². The minimum atomic E-state index is -3.41. The van der Waals surface area contributed by atoms with Crippen LogP contribution in [0.2, 0.25) is 0 Å². The highest BCUT2D eigenvalue weighted by Gasteiger charge is 2.22. The van der Waals surface area contributed by atoms with Crippen molar-refractivity contribution in [3.8, 4) is 0 Å². The lowest BCUT2D eigenvalue weighted by molar-refractivity contribution is 0.588. The van der Waals surface area contributed by atoms with Crippen LogP contribution in [0.4, 0.5) is 5.69 Å². The summed E-state index contributed by atoms with van der Waals surface area (Å²) >= 11 is 1.82. The molecule has 21 heavy (non-hydrogen) atoms. The summed E-state index contributed by atoms with van der Waals surface area (Å²) in [4.78, 5) is 1.56. The van der Waals surface area contributed by atoms with Crippen LogP contribution in [0.1, 0.15) is 11.6 Å². The van der Waals surface area contributed by atoms with E-state index in [0.29, 0.717) is 0 Å². The van der Waals surface area contributed by atoms with Gasteiger partial charge < -0.3 is 5.32 Å². The first kappa shape index (κ1) is 14.4. The Balaban J connectivity index is 1.86. The number of thioether (sulfide) groups is 1. The van der Waals surface area contributed by atoms with Crippen LogP contribution < -0.4 is 10.0 Å². The van der Waals surface area contributed by atoms with Crippen LogP contribution in [0.25, 0.3) is 0 Å². The molecule has 1 atom stereocenters. The van der Waals surface area contributed by atoms with Gasteiger partial charge in [0.05, 0.1) is 10.9 Å². The van der Waals surface area contributed by atoms with Crippen molar-refractivity contribution in [3.63, 3.8) is 0 Å². The molecule has 110 valence electrons. The molecule has 0 bridgehead atoms. The highest BCUT2D eigenvalue weighted by molar-refractivity contribution is 7.99. The fourth-order valence-electron chi connectivity index (χ4n) is 2.35. The summed E-state index contributed by atoms with van der Waals surface area (Å²) in [6.07, 6.45) is 0. The number of hydrogen-bond acceptors (Lipinski definition) is 4. The Labute approximate surface area is 129 Å². The third kappa shape index (κ3) is 2.92. The van der Waals surface area contributed by atoms with Crippen LogP contribution in [0.15, 0.2) is 58.3 Å². The summed E-state index contributed by atoms with van der Waals surface area (Å²) < 4.78 is 26.0. The average Bonchev–Trinajstić information content (AvgIpc) is 2.91. The van der Waals surface area contributed by atoms with Crippen molar-refractivity contribution < 1.29 is 8.42 Å². The average molecular weight is 320 g/mol. The molecule has 3 rings (SSSR count). The molecule has 0 fully saturated rings. The Hall–Kier alpha value is -1.50. The molecule has 1 unspecified atom stereocenters. The lowest BCUT2D eigenvalue weighted by atomic mass is 10.1. The molecule has 0 spiro atoms. The van der Waals surface area contributed by atoms with Crippen LogP contribution in [0.5, 0.6) is 0 Å². The van der Waals surface area contributed by atoms with Gasteiger partial charge in [-0.3, -0.25) is 0 Å². The highest BCUT2D eigenvalue weighted by atomic mass is 32.2. The molecule has 2 aromatic carbocycles. The molecule has 0 saturated carbocycles. The molecule has 0 aliphatic carbocycles. The molecule has 1 aliphatic heterocycles. The predicted molar refractivity (Wildman–Crippen MR) is 86.2 cm³/mol. The third-order valence-electron chi connectivity index (χ3n) is 3.45. The first-order chi connectivity index (χ1) is 10.1. The van der Waals surface area contributed by atoms with Crippen molar-refractivity contribution in [1.29, 1.82) is 0 Å². The molecule has 4 nitrogen and oxygen atoms in total. The zero-order valence-electron chi connectivity index (χ0n) is 11.5. The minimum absolute atomic E-state index is 0.207. The summed E-state index contributed by atoms with van der Waals surface area (Å²) in [5.74, 6) is 0.947. The molecule has 0 aromatic heterocycles. The lowest BCUT2D eigenvalue weighted by Gasteiger charge is -2.15. The van der Waals surface area contributed by atoms with Gasteiger partial charge in [0.2, 0.25) is 10.0 Å². The Morgan fingerprint density at radius 2 is 1.95 bits per heavy atom. The van der Waals surface area contributed by atoms with Gasteiger partial charge in [-0.15, -0.1) is 11.8 Å². The van der Waals surface area contributed by atoms with Gasteiger partial charge in [0.15, 0.2) is 0 Å². The molecular weight excluding hydrogens is 304 g/mol. The van der Waals surface area contributed by atoms with Gasteiger partial charge in [0.1, 0.15) is 0 Å². The minimum Gasteiger partial charge on any atom is -0.377 e. The van der Waals surface area contributed by atoms with Gasteiger partial charge in [0, 0.05) is 16.3 Å². The van der Waals surface area contributed by atoms with Gasteiger partial charge in [-0.25, -0.2) is 13.1 Å². The van der Waals surface area contributed by atoms with Gasteiger partial charge >= 0.3 is 0 Å². The normalized spacial score (nSPS) is 17.5. The number of sulfonamides is 1. The summed E-state index contributed by atoms with van der Waals surface area (Å²) in [6, 6.07) is 15.4. The summed E-state index contributed by atoms with van der Waals surface area (Å²) in [6.45, 7) is 0. The summed E-state index contributed by atoms with van der Waals surface area (Å²) in [5, 5.41) is 3.42. The zero-order valence-corrected chi connectivity index (χ0v) is 13.2. The van der Waals surface area contributed by atoms with Crippen molar-refractivity contribution in [2.24, 2.45) is 0 Å². The number of hydrogen-bond donors (Lipinski definition) is 2. The van der Waals surface area contributed by atoms with Crippen molar-refractivity contribution in [3.05, 3.63) is 54.1 Å². The first-order valence-corrected chi connectivity index (χ1v) is 9.09. The van der Waals surface area contributed by atoms with Gasteiger partial charge in [-0.1, -0.05) is 24.3 Å². The van der Waals surface area contributed by atoms with Crippen LogP contribution in [0.3, 0.4) is 0 Å². The first-order valence-electron chi connectivity index (χ1n) is 6.62. The van der Waals surface area contributed by atoms with E-state index in [2.05, 4.69) is 22.2 Å². The smallest absolute Gasteiger partial charge is 0.240 e. The third-order valence-corrected chi connectivity index (χ3v) is 6.05. The Bertz CT molecular complexity index is 760. The quantitative estimate of drug-likeness (QED) is 0.909. The second kappa shape index (κ2) is 5.71. The van der Waals surface area contributed by atoms with E-state index in [1.54, 1.807) is 18.2 Å². The molecule has 1 aliphatic rings. The van der Waals surface area contributed by atoms with Crippen molar-refractivity contribution in [1.82, 2.24) is 4.72 Å². The molecule has 2 aromatic rings. The zero-order chi connectivity index (χ0) is 14.9. The lowest BCUT2D eigenvalue weighted by Crippen LogP contribution is -2.19. The number of benzene rings is 2. The molecule has 2 N–H and O–H groups in total.